The monoisotopic (exact) mass is 584 g/mol. The van der Waals surface area contributed by atoms with Gasteiger partial charge in [-0.1, -0.05) is 30.3 Å². The molecule has 0 aliphatic heterocycles. The van der Waals surface area contributed by atoms with E-state index < -0.39 is 34.6 Å². The maximum Gasteiger partial charge on any atom is 0.446 e. The molecule has 0 saturated heterocycles. The Bertz CT molecular complexity index is 1390. The lowest BCUT2D eigenvalue weighted by molar-refractivity contribution is -0.206. The van der Waals surface area contributed by atoms with E-state index in [1.807, 2.05) is 0 Å². The lowest BCUT2D eigenvalue weighted by Gasteiger charge is -2.16. The Balaban J connectivity index is 0.000000717. The van der Waals surface area contributed by atoms with Crippen LogP contribution in [0.15, 0.2) is 68.6 Å². The van der Waals surface area contributed by atoms with Crippen LogP contribution in [0.25, 0.3) is 11.1 Å². The number of thioether (sulfide) groups is 1. The Morgan fingerprint density at radius 2 is 1.59 bits per heavy atom. The number of halogens is 6. The predicted molar refractivity (Wildman–Crippen MR) is 128 cm³/mol. The van der Waals surface area contributed by atoms with Crippen LogP contribution in [0.3, 0.4) is 0 Å². The number of carbonyl (C=O) groups is 1. The van der Waals surface area contributed by atoms with E-state index in [4.69, 9.17) is 15.9 Å². The molecular weight excluding hydrogens is 566 g/mol. The Labute approximate surface area is 215 Å². The summed E-state index contributed by atoms with van der Waals surface area (Å²) in [5, 5.41) is 17.1. The molecule has 3 rings (SSSR count). The molecule has 0 fully saturated rings. The fourth-order valence-corrected chi connectivity index (χ4v) is 6.77. The zero-order valence-corrected chi connectivity index (χ0v) is 21.0. The average Bonchev–Trinajstić information content (AvgIpc) is 3.29. The van der Waals surface area contributed by atoms with Crippen LogP contribution < -0.4 is 5.73 Å². The van der Waals surface area contributed by atoms with Crippen LogP contribution in [-0.2, 0) is 14.6 Å². The number of amidine groups is 1. The van der Waals surface area contributed by atoms with E-state index in [-0.39, 0.29) is 21.2 Å². The first-order valence-corrected chi connectivity index (χ1v) is 13.3. The number of alkyl halides is 6. The number of aliphatic hydroxyl groups excluding tert-OH is 1. The number of carbonyl (C=O) groups excluding carboxylic acids is 1. The van der Waals surface area contributed by atoms with Crippen LogP contribution in [-0.4, -0.2) is 44.3 Å². The van der Waals surface area contributed by atoms with E-state index in [0.717, 1.165) is 17.4 Å². The molecular formula is C22H18F6N2O4S3. The van der Waals surface area contributed by atoms with E-state index in [1.54, 1.807) is 12.3 Å². The summed E-state index contributed by atoms with van der Waals surface area (Å²) in [6.45, 7) is 0. The van der Waals surface area contributed by atoms with Crippen LogP contribution in [0.4, 0.5) is 26.3 Å². The molecule has 0 bridgehead atoms. The zero-order chi connectivity index (χ0) is 28.2. The summed E-state index contributed by atoms with van der Waals surface area (Å²) in [6, 6.07) is 12.4. The van der Waals surface area contributed by atoms with Gasteiger partial charge in [-0.25, -0.2) is 8.42 Å². The van der Waals surface area contributed by atoms with Gasteiger partial charge in [-0.2, -0.15) is 26.3 Å². The molecule has 0 aliphatic carbocycles. The molecule has 6 nitrogen and oxygen atoms in total. The van der Waals surface area contributed by atoms with E-state index in [0.29, 0.717) is 20.2 Å². The SMILES string of the molecule is CSc1sc(C(=N)N)cc1S(=O)(=O)c1cccc(-c2cccc(C(O)C(F)(F)F)c2)c1.O=CC(F)(F)F. The first-order valence-electron chi connectivity index (χ1n) is 9.76. The molecule has 1 unspecified atom stereocenters. The minimum absolute atomic E-state index is 0.0218. The average molecular weight is 585 g/mol. The summed E-state index contributed by atoms with van der Waals surface area (Å²) >= 11 is 2.31. The van der Waals surface area contributed by atoms with Gasteiger partial charge in [-0.3, -0.25) is 10.2 Å². The Morgan fingerprint density at radius 1 is 1.05 bits per heavy atom. The quantitative estimate of drug-likeness (QED) is 0.114. The van der Waals surface area contributed by atoms with Crippen molar-refractivity contribution in [2.45, 2.75) is 32.5 Å². The molecule has 4 N–H and O–H groups in total. The highest BCUT2D eigenvalue weighted by Crippen LogP contribution is 2.38. The molecule has 1 atom stereocenters. The summed E-state index contributed by atoms with van der Waals surface area (Å²) in [5.74, 6) is -0.240. The van der Waals surface area contributed by atoms with Crippen LogP contribution in [0.5, 0.6) is 0 Å². The first-order chi connectivity index (χ1) is 17.0. The number of hydrogen-bond acceptors (Lipinski definition) is 7. The van der Waals surface area contributed by atoms with Crippen molar-refractivity contribution >= 4 is 45.1 Å². The molecule has 15 heteroatoms. The minimum Gasteiger partial charge on any atom is -0.383 e. The minimum atomic E-state index is -4.81. The third-order valence-electron chi connectivity index (χ3n) is 4.53. The highest BCUT2D eigenvalue weighted by Gasteiger charge is 2.39. The maximum absolute atomic E-state index is 13.2. The number of hydrogen-bond donors (Lipinski definition) is 3. The van der Waals surface area contributed by atoms with Gasteiger partial charge < -0.3 is 10.8 Å². The van der Waals surface area contributed by atoms with Gasteiger partial charge in [0.05, 0.1) is 18.9 Å². The first kappa shape index (κ1) is 30.3. The van der Waals surface area contributed by atoms with E-state index in [2.05, 4.69) is 0 Å². The van der Waals surface area contributed by atoms with Gasteiger partial charge >= 0.3 is 12.4 Å². The number of nitrogens with two attached hydrogens (primary N) is 1. The molecule has 1 aromatic heterocycles. The number of rotatable bonds is 6. The number of nitrogen functional groups attached to an aromatic ring is 1. The molecule has 1 heterocycles. The summed E-state index contributed by atoms with van der Waals surface area (Å²) < 4.78 is 96.8. The van der Waals surface area contributed by atoms with E-state index in [1.165, 1.54) is 54.2 Å². The fourth-order valence-electron chi connectivity index (χ4n) is 2.87. The van der Waals surface area contributed by atoms with Crippen molar-refractivity contribution in [2.75, 3.05) is 6.26 Å². The van der Waals surface area contributed by atoms with Gasteiger partial charge in [0.25, 0.3) is 0 Å². The molecule has 2 aromatic carbocycles. The van der Waals surface area contributed by atoms with E-state index >= 15 is 0 Å². The van der Waals surface area contributed by atoms with Gasteiger partial charge in [-0.15, -0.1) is 23.1 Å². The fraction of sp³-hybridized carbons (Fsp3) is 0.182. The molecule has 0 saturated carbocycles. The van der Waals surface area contributed by atoms with Gasteiger partial charge in [0.2, 0.25) is 16.1 Å². The number of thiophene rings is 1. The van der Waals surface area contributed by atoms with Gasteiger partial charge in [0.1, 0.15) is 5.84 Å². The molecule has 0 aliphatic rings. The molecule has 37 heavy (non-hydrogen) atoms. The number of benzene rings is 2. The van der Waals surface area contributed by atoms with Crippen molar-refractivity contribution in [2.24, 2.45) is 5.73 Å². The Kier molecular flexibility index (Phi) is 9.57. The van der Waals surface area contributed by atoms with Crippen molar-refractivity contribution < 1.29 is 44.7 Å². The summed E-state index contributed by atoms with van der Waals surface area (Å²) in [7, 11) is -3.97. The second kappa shape index (κ2) is 11.7. The van der Waals surface area contributed by atoms with Crippen molar-refractivity contribution in [1.29, 1.82) is 5.41 Å². The Hall–Kier alpha value is -2.88. The van der Waals surface area contributed by atoms with Crippen LogP contribution in [0, 0.1) is 5.41 Å². The van der Waals surface area contributed by atoms with Gasteiger partial charge in [-0.05, 0) is 47.2 Å². The molecule has 0 radical (unpaired) electrons. The van der Waals surface area contributed by atoms with Crippen LogP contribution >= 0.6 is 23.1 Å². The molecule has 0 spiro atoms. The van der Waals surface area contributed by atoms with Gasteiger partial charge in [0, 0.05) is 0 Å². The number of aliphatic hydroxyl groups is 1. The van der Waals surface area contributed by atoms with Gasteiger partial charge in [0.15, 0.2) is 6.10 Å². The molecule has 0 amide bonds. The lowest BCUT2D eigenvalue weighted by atomic mass is 10.0. The number of aldehydes is 1. The second-order valence-corrected chi connectivity index (χ2v) is 11.2. The van der Waals surface area contributed by atoms with Crippen LogP contribution in [0.2, 0.25) is 0 Å². The number of nitrogens with one attached hydrogen (secondary N) is 1. The zero-order valence-electron chi connectivity index (χ0n) is 18.6. The number of sulfone groups is 1. The highest BCUT2D eigenvalue weighted by molar-refractivity contribution is 8.01. The standard InChI is InChI=1S/C20H17F3N2O3S3.C2HF3O/c1-29-19-16(10-15(30-19)18(24)25)31(27,28)14-7-3-5-12(9-14)11-4-2-6-13(8-11)17(26)20(21,22)23;3-2(4,5)1-6/h2-10,17,26H,1H3,(H3,24,25);1H. The largest absolute Gasteiger partial charge is 0.446 e. The summed E-state index contributed by atoms with van der Waals surface area (Å²) in [6.07, 6.45) is -11.4. The third kappa shape index (κ3) is 7.80. The van der Waals surface area contributed by atoms with Crippen molar-refractivity contribution in [3.63, 3.8) is 0 Å². The molecule has 3 aromatic rings. The summed E-state index contributed by atoms with van der Waals surface area (Å²) in [4.78, 5) is 9.00. The van der Waals surface area contributed by atoms with E-state index in [9.17, 15) is 39.9 Å². The van der Waals surface area contributed by atoms with Crippen molar-refractivity contribution in [1.82, 2.24) is 0 Å². The smallest absolute Gasteiger partial charge is 0.383 e. The highest BCUT2D eigenvalue weighted by atomic mass is 32.2. The van der Waals surface area contributed by atoms with Crippen molar-refractivity contribution in [3.8, 4) is 11.1 Å². The topological polar surface area (TPSA) is 121 Å². The summed E-state index contributed by atoms with van der Waals surface area (Å²) in [5.41, 5.74) is 5.86. The molecule has 200 valence electrons. The normalized spacial score (nSPS) is 12.9. The lowest BCUT2D eigenvalue weighted by Crippen LogP contribution is -2.20. The van der Waals surface area contributed by atoms with Crippen molar-refractivity contribution in [3.05, 3.63) is 65.0 Å². The third-order valence-corrected chi connectivity index (χ3v) is 8.87. The Morgan fingerprint density at radius 3 is 2.08 bits per heavy atom. The second-order valence-electron chi connectivity index (χ2n) is 7.14. The maximum atomic E-state index is 13.2. The van der Waals surface area contributed by atoms with Crippen LogP contribution in [0.1, 0.15) is 16.5 Å². The predicted octanol–water partition coefficient (Wildman–Crippen LogP) is 5.60.